The number of hydrogen-bond donors (Lipinski definition) is 1. The number of sulfonamides is 1. The Labute approximate surface area is 151 Å². The second-order valence-corrected chi connectivity index (χ2v) is 7.57. The van der Waals surface area contributed by atoms with Crippen molar-refractivity contribution < 1.29 is 8.42 Å². The molecule has 3 aromatic rings. The minimum Gasteiger partial charge on any atom is -0.324 e. The van der Waals surface area contributed by atoms with Gasteiger partial charge in [-0.1, -0.05) is 42.5 Å². The fourth-order valence-corrected chi connectivity index (χ4v) is 4.46. The van der Waals surface area contributed by atoms with Crippen LogP contribution in [0.5, 0.6) is 0 Å². The van der Waals surface area contributed by atoms with Gasteiger partial charge in [0.25, 0.3) is 10.0 Å². The highest BCUT2D eigenvalue weighted by atomic mass is 32.2. The topological polar surface area (TPSA) is 75.2 Å². The van der Waals surface area contributed by atoms with Crippen molar-refractivity contribution in [2.24, 2.45) is 0 Å². The largest absolute Gasteiger partial charge is 0.324 e. The van der Waals surface area contributed by atoms with E-state index in [0.717, 1.165) is 11.3 Å². The minimum absolute atomic E-state index is 0.0941. The fraction of sp³-hybridized carbons (Fsp3) is 0.0526. The molecule has 1 aromatic heterocycles. The molecule has 2 aromatic carbocycles. The van der Waals surface area contributed by atoms with Gasteiger partial charge in [-0.05, 0) is 18.2 Å². The molecule has 0 saturated carbocycles. The van der Waals surface area contributed by atoms with Crippen molar-refractivity contribution in [2.75, 3.05) is 16.2 Å². The van der Waals surface area contributed by atoms with Crippen LogP contribution < -0.4 is 9.62 Å². The smallest absolute Gasteiger partial charge is 0.268 e. The first kappa shape index (κ1) is 16.3. The molecule has 0 fully saturated rings. The number of nitrogens with one attached hydrogen (secondary N) is 1. The Balaban J connectivity index is 1.86. The van der Waals surface area contributed by atoms with Crippen LogP contribution in [0.1, 0.15) is 0 Å². The van der Waals surface area contributed by atoms with Gasteiger partial charge in [-0.15, -0.1) is 6.58 Å². The molecule has 0 aliphatic carbocycles. The maximum atomic E-state index is 13.0. The number of rotatable bonds is 4. The Morgan fingerprint density at radius 2 is 1.81 bits per heavy atom. The Morgan fingerprint density at radius 1 is 1.08 bits per heavy atom. The van der Waals surface area contributed by atoms with E-state index in [4.69, 9.17) is 0 Å². The van der Waals surface area contributed by atoms with Gasteiger partial charge in [0.15, 0.2) is 0 Å². The maximum absolute atomic E-state index is 13.0. The Hall–Kier alpha value is -3.19. The molecular formula is C19H16N4O2S. The molecule has 6 nitrogen and oxygen atoms in total. The highest BCUT2D eigenvalue weighted by Crippen LogP contribution is 2.41. The van der Waals surface area contributed by atoms with Crippen LogP contribution in [-0.4, -0.2) is 24.9 Å². The van der Waals surface area contributed by atoms with Crippen molar-refractivity contribution in [3.8, 4) is 11.3 Å². The van der Waals surface area contributed by atoms with Crippen molar-refractivity contribution in [1.82, 2.24) is 9.97 Å². The summed E-state index contributed by atoms with van der Waals surface area (Å²) in [6, 6.07) is 16.8. The summed E-state index contributed by atoms with van der Waals surface area (Å²) < 4.78 is 27.3. The molecule has 0 spiro atoms. The molecule has 1 N–H and O–H groups in total. The van der Waals surface area contributed by atoms with Crippen molar-refractivity contribution in [2.45, 2.75) is 4.90 Å². The minimum atomic E-state index is -3.74. The van der Waals surface area contributed by atoms with E-state index in [9.17, 15) is 8.42 Å². The Kier molecular flexibility index (Phi) is 3.93. The molecule has 0 radical (unpaired) electrons. The van der Waals surface area contributed by atoms with Crippen LogP contribution in [0.2, 0.25) is 0 Å². The monoisotopic (exact) mass is 364 g/mol. The average Bonchev–Trinajstić information content (AvgIpc) is 2.66. The Bertz CT molecular complexity index is 1080. The highest BCUT2D eigenvalue weighted by Gasteiger charge is 2.35. The average molecular weight is 364 g/mol. The van der Waals surface area contributed by atoms with E-state index in [1.807, 2.05) is 42.5 Å². The molecule has 0 amide bonds. The van der Waals surface area contributed by atoms with Crippen molar-refractivity contribution >= 4 is 27.3 Å². The first-order valence-corrected chi connectivity index (χ1v) is 9.47. The van der Waals surface area contributed by atoms with E-state index in [2.05, 4.69) is 21.9 Å². The van der Waals surface area contributed by atoms with E-state index < -0.39 is 10.0 Å². The molecule has 1 aliphatic heterocycles. The van der Waals surface area contributed by atoms with Crippen LogP contribution in [0.3, 0.4) is 0 Å². The Morgan fingerprint density at radius 3 is 2.58 bits per heavy atom. The number of benzene rings is 2. The van der Waals surface area contributed by atoms with Crippen LogP contribution in [0.4, 0.5) is 17.3 Å². The molecule has 4 rings (SSSR count). The second kappa shape index (κ2) is 6.27. The van der Waals surface area contributed by atoms with Crippen LogP contribution in [-0.2, 0) is 10.0 Å². The normalized spacial score (nSPS) is 14.2. The zero-order valence-corrected chi connectivity index (χ0v) is 14.6. The zero-order valence-electron chi connectivity index (χ0n) is 13.8. The number of nitrogens with zero attached hydrogens (tertiary/aromatic N) is 3. The van der Waals surface area contributed by atoms with Crippen LogP contribution in [0.15, 0.2) is 78.3 Å². The summed E-state index contributed by atoms with van der Waals surface area (Å²) in [7, 11) is -3.74. The number of para-hydroxylation sites is 2. The molecule has 26 heavy (non-hydrogen) atoms. The third-order valence-corrected chi connectivity index (χ3v) is 5.86. The fourth-order valence-electron chi connectivity index (χ4n) is 2.92. The summed E-state index contributed by atoms with van der Waals surface area (Å²) in [6.07, 6.45) is 2.92. The van der Waals surface area contributed by atoms with Gasteiger partial charge < -0.3 is 5.32 Å². The van der Waals surface area contributed by atoms with Crippen LogP contribution in [0, 0.1) is 0 Å². The van der Waals surface area contributed by atoms with E-state index >= 15 is 0 Å². The number of hydrogen-bond acceptors (Lipinski definition) is 5. The first-order chi connectivity index (χ1) is 12.6. The third kappa shape index (κ3) is 2.62. The SMILES string of the molecule is C=CCN1c2ccccc2-c2nc(Nc3ccccc3)ncc2S1(=O)=O. The van der Waals surface area contributed by atoms with Gasteiger partial charge in [-0.2, -0.15) is 0 Å². The molecule has 1 aliphatic rings. The van der Waals surface area contributed by atoms with Crippen LogP contribution >= 0.6 is 0 Å². The van der Waals surface area contributed by atoms with E-state index in [0.29, 0.717) is 17.3 Å². The number of fused-ring (bicyclic) bond motifs is 3. The van der Waals surface area contributed by atoms with Gasteiger partial charge >= 0.3 is 0 Å². The first-order valence-electron chi connectivity index (χ1n) is 8.03. The number of aromatic nitrogens is 2. The van der Waals surface area contributed by atoms with E-state index in [-0.39, 0.29) is 11.4 Å². The van der Waals surface area contributed by atoms with Crippen molar-refractivity contribution in [1.29, 1.82) is 0 Å². The molecular weight excluding hydrogens is 348 g/mol. The summed E-state index contributed by atoms with van der Waals surface area (Å²) in [5.41, 5.74) is 2.56. The van der Waals surface area contributed by atoms with Crippen molar-refractivity contribution in [3.05, 3.63) is 73.4 Å². The van der Waals surface area contributed by atoms with E-state index in [1.54, 1.807) is 18.2 Å². The van der Waals surface area contributed by atoms with Gasteiger partial charge in [-0.25, -0.2) is 18.4 Å². The lowest BCUT2D eigenvalue weighted by molar-refractivity contribution is 0.591. The quantitative estimate of drug-likeness (QED) is 0.716. The lowest BCUT2D eigenvalue weighted by Gasteiger charge is -2.30. The summed E-state index contributed by atoms with van der Waals surface area (Å²) in [6.45, 7) is 3.85. The number of anilines is 3. The maximum Gasteiger partial charge on any atom is 0.268 e. The molecule has 7 heteroatoms. The van der Waals surface area contributed by atoms with Gasteiger partial charge in [0.1, 0.15) is 4.90 Å². The molecule has 0 bridgehead atoms. The lowest BCUT2D eigenvalue weighted by atomic mass is 10.1. The molecule has 0 unspecified atom stereocenters. The third-order valence-electron chi connectivity index (χ3n) is 4.08. The predicted molar refractivity (Wildman–Crippen MR) is 102 cm³/mol. The molecule has 2 heterocycles. The highest BCUT2D eigenvalue weighted by molar-refractivity contribution is 7.93. The lowest BCUT2D eigenvalue weighted by Crippen LogP contribution is -2.35. The summed E-state index contributed by atoms with van der Waals surface area (Å²) >= 11 is 0. The van der Waals surface area contributed by atoms with Gasteiger partial charge in [0, 0.05) is 11.3 Å². The summed E-state index contributed by atoms with van der Waals surface area (Å²) in [5.74, 6) is 0.345. The molecule has 130 valence electrons. The standard InChI is InChI=1S/C19H16N4O2S/c1-2-12-23-16-11-7-6-10-15(16)18-17(26(23,24)25)13-20-19(22-18)21-14-8-4-3-5-9-14/h2-11,13H,1,12H2,(H,20,21,22). The van der Waals surface area contributed by atoms with Gasteiger partial charge in [-0.3, -0.25) is 4.31 Å². The zero-order chi connectivity index (χ0) is 18.1. The van der Waals surface area contributed by atoms with E-state index in [1.165, 1.54) is 10.5 Å². The summed E-state index contributed by atoms with van der Waals surface area (Å²) in [4.78, 5) is 8.78. The summed E-state index contributed by atoms with van der Waals surface area (Å²) in [5, 5.41) is 3.10. The van der Waals surface area contributed by atoms with Crippen molar-refractivity contribution in [3.63, 3.8) is 0 Å². The van der Waals surface area contributed by atoms with Crippen LogP contribution in [0.25, 0.3) is 11.3 Å². The predicted octanol–water partition coefficient (Wildman–Crippen LogP) is 3.58. The molecule has 0 saturated heterocycles. The van der Waals surface area contributed by atoms with Gasteiger partial charge in [0.05, 0.1) is 24.1 Å². The van der Waals surface area contributed by atoms with Gasteiger partial charge in [0.2, 0.25) is 5.95 Å². The second-order valence-electron chi connectivity index (χ2n) is 5.74. The molecule has 0 atom stereocenters.